The first-order valence-electron chi connectivity index (χ1n) is 5.57. The summed E-state index contributed by atoms with van der Waals surface area (Å²) in [5.41, 5.74) is 3.20. The quantitative estimate of drug-likeness (QED) is 0.898. The summed E-state index contributed by atoms with van der Waals surface area (Å²) in [4.78, 5) is 5.44. The van der Waals surface area contributed by atoms with Crippen molar-refractivity contribution in [3.63, 3.8) is 0 Å². The van der Waals surface area contributed by atoms with E-state index in [1.54, 1.807) is 11.3 Å². The van der Waals surface area contributed by atoms with E-state index >= 15 is 0 Å². The minimum Gasteiger partial charge on any atom is -0.319 e. The molecule has 2 aromatic rings. The fraction of sp³-hybridized carbons (Fsp3) is 0.308. The highest BCUT2D eigenvalue weighted by Crippen LogP contribution is 2.23. The van der Waals surface area contributed by atoms with E-state index in [9.17, 15) is 0 Å². The number of nitrogens with one attached hydrogen (secondary N) is 1. The standard InChI is InChI=1S/C13H15ClN2S/c1-15-7-11(6-13-8-16-9-17-13)10-2-4-12(14)5-3-10/h2-5,8-9,11,15H,6-7H2,1H3. The zero-order valence-electron chi connectivity index (χ0n) is 9.69. The molecular formula is C13H15ClN2S. The van der Waals surface area contributed by atoms with E-state index in [4.69, 9.17) is 11.6 Å². The van der Waals surface area contributed by atoms with Gasteiger partial charge in [-0.15, -0.1) is 11.3 Å². The third-order valence-corrected chi connectivity index (χ3v) is 3.78. The maximum atomic E-state index is 5.91. The van der Waals surface area contributed by atoms with Crippen molar-refractivity contribution in [3.8, 4) is 0 Å². The fourth-order valence-electron chi connectivity index (χ4n) is 1.88. The summed E-state index contributed by atoms with van der Waals surface area (Å²) in [5, 5.41) is 4.03. The van der Waals surface area contributed by atoms with Gasteiger partial charge in [-0.25, -0.2) is 0 Å². The van der Waals surface area contributed by atoms with Crippen LogP contribution in [-0.4, -0.2) is 18.6 Å². The maximum absolute atomic E-state index is 5.91. The van der Waals surface area contributed by atoms with Crippen molar-refractivity contribution in [2.45, 2.75) is 12.3 Å². The van der Waals surface area contributed by atoms with Gasteiger partial charge >= 0.3 is 0 Å². The van der Waals surface area contributed by atoms with E-state index in [0.717, 1.165) is 18.0 Å². The van der Waals surface area contributed by atoms with Crippen LogP contribution in [0.4, 0.5) is 0 Å². The summed E-state index contributed by atoms with van der Waals surface area (Å²) in [7, 11) is 1.98. The Morgan fingerprint density at radius 3 is 2.71 bits per heavy atom. The number of hydrogen-bond donors (Lipinski definition) is 1. The Balaban J connectivity index is 2.13. The predicted octanol–water partition coefficient (Wildman–Crippen LogP) is 3.34. The average Bonchev–Trinajstić information content (AvgIpc) is 2.82. The number of nitrogens with zero attached hydrogens (tertiary/aromatic N) is 1. The number of aromatic nitrogens is 1. The normalized spacial score (nSPS) is 12.6. The first-order chi connectivity index (χ1) is 8.29. The second-order valence-electron chi connectivity index (χ2n) is 3.98. The number of halogens is 1. The fourth-order valence-corrected chi connectivity index (χ4v) is 2.68. The van der Waals surface area contributed by atoms with Crippen molar-refractivity contribution in [2.75, 3.05) is 13.6 Å². The molecule has 2 nitrogen and oxygen atoms in total. The second kappa shape index (κ2) is 6.15. The molecule has 0 bridgehead atoms. The predicted molar refractivity (Wildman–Crippen MR) is 73.9 cm³/mol. The van der Waals surface area contributed by atoms with Gasteiger partial charge in [-0.05, 0) is 31.2 Å². The van der Waals surface area contributed by atoms with E-state index in [-0.39, 0.29) is 0 Å². The van der Waals surface area contributed by atoms with Gasteiger partial charge in [0.1, 0.15) is 0 Å². The Hall–Kier alpha value is -0.900. The molecule has 0 aliphatic rings. The highest BCUT2D eigenvalue weighted by Gasteiger charge is 2.12. The van der Waals surface area contributed by atoms with Gasteiger partial charge in [0.05, 0.1) is 5.51 Å². The highest BCUT2D eigenvalue weighted by atomic mass is 35.5. The smallest absolute Gasteiger partial charge is 0.0794 e. The van der Waals surface area contributed by atoms with Crippen LogP contribution in [0.5, 0.6) is 0 Å². The molecule has 1 N–H and O–H groups in total. The largest absolute Gasteiger partial charge is 0.319 e. The van der Waals surface area contributed by atoms with Crippen LogP contribution < -0.4 is 5.32 Å². The summed E-state index contributed by atoms with van der Waals surface area (Å²) in [6.07, 6.45) is 2.97. The molecule has 1 heterocycles. The van der Waals surface area contributed by atoms with Crippen LogP contribution in [0.2, 0.25) is 5.02 Å². The lowest BCUT2D eigenvalue weighted by molar-refractivity contribution is 0.629. The van der Waals surface area contributed by atoms with Gasteiger partial charge in [-0.2, -0.15) is 0 Å². The monoisotopic (exact) mass is 266 g/mol. The summed E-state index contributed by atoms with van der Waals surface area (Å²) in [5.74, 6) is 0.470. The van der Waals surface area contributed by atoms with Crippen molar-refractivity contribution in [1.29, 1.82) is 0 Å². The SMILES string of the molecule is CNCC(Cc1cncs1)c1ccc(Cl)cc1. The molecule has 0 amide bonds. The number of thiazole rings is 1. The van der Waals surface area contributed by atoms with Gasteiger partial charge in [0, 0.05) is 28.6 Å². The summed E-state index contributed by atoms with van der Waals surface area (Å²) in [6.45, 7) is 0.958. The van der Waals surface area contributed by atoms with Gasteiger partial charge in [-0.1, -0.05) is 23.7 Å². The molecule has 0 saturated heterocycles. The summed E-state index contributed by atoms with van der Waals surface area (Å²) < 4.78 is 0. The Bertz CT molecular complexity index is 439. The van der Waals surface area contributed by atoms with Gasteiger partial charge in [0.2, 0.25) is 0 Å². The maximum Gasteiger partial charge on any atom is 0.0794 e. The summed E-state index contributed by atoms with van der Waals surface area (Å²) in [6, 6.07) is 8.11. The Morgan fingerprint density at radius 1 is 1.35 bits per heavy atom. The molecule has 90 valence electrons. The topological polar surface area (TPSA) is 24.9 Å². The molecule has 1 atom stereocenters. The van der Waals surface area contributed by atoms with Crippen molar-refractivity contribution >= 4 is 22.9 Å². The van der Waals surface area contributed by atoms with Crippen molar-refractivity contribution in [3.05, 3.63) is 51.4 Å². The van der Waals surface area contributed by atoms with Crippen molar-refractivity contribution in [1.82, 2.24) is 10.3 Å². The first kappa shape index (κ1) is 12.6. The van der Waals surface area contributed by atoms with Crippen LogP contribution in [0.1, 0.15) is 16.4 Å². The molecule has 1 unspecified atom stereocenters. The zero-order chi connectivity index (χ0) is 12.1. The number of likely N-dealkylation sites (N-methyl/N-ethyl adjacent to an activating group) is 1. The zero-order valence-corrected chi connectivity index (χ0v) is 11.3. The van der Waals surface area contributed by atoms with Crippen molar-refractivity contribution < 1.29 is 0 Å². The Morgan fingerprint density at radius 2 is 2.12 bits per heavy atom. The Kier molecular flexibility index (Phi) is 4.54. The Labute approximate surface area is 111 Å². The lowest BCUT2D eigenvalue weighted by Crippen LogP contribution is -2.18. The minimum atomic E-state index is 0.470. The number of hydrogen-bond acceptors (Lipinski definition) is 3. The molecule has 1 aromatic heterocycles. The van der Waals surface area contributed by atoms with E-state index in [2.05, 4.69) is 22.4 Å². The van der Waals surface area contributed by atoms with Crippen LogP contribution in [0, 0.1) is 0 Å². The molecule has 0 radical (unpaired) electrons. The van der Waals surface area contributed by atoms with E-state index in [0.29, 0.717) is 5.92 Å². The van der Waals surface area contributed by atoms with Gasteiger partial charge in [0.25, 0.3) is 0 Å². The number of rotatable bonds is 5. The molecule has 0 saturated carbocycles. The number of benzene rings is 1. The molecule has 2 rings (SSSR count). The average molecular weight is 267 g/mol. The van der Waals surface area contributed by atoms with Crippen LogP contribution in [0.25, 0.3) is 0 Å². The van der Waals surface area contributed by atoms with Crippen LogP contribution in [-0.2, 0) is 6.42 Å². The van der Waals surface area contributed by atoms with E-state index in [1.165, 1.54) is 10.4 Å². The third kappa shape index (κ3) is 3.53. The molecule has 0 spiro atoms. The third-order valence-electron chi connectivity index (χ3n) is 2.72. The molecule has 0 aliphatic heterocycles. The van der Waals surface area contributed by atoms with Gasteiger partial charge < -0.3 is 5.32 Å². The van der Waals surface area contributed by atoms with Crippen LogP contribution in [0.3, 0.4) is 0 Å². The molecule has 0 aliphatic carbocycles. The molecule has 1 aromatic carbocycles. The first-order valence-corrected chi connectivity index (χ1v) is 6.83. The second-order valence-corrected chi connectivity index (χ2v) is 5.39. The van der Waals surface area contributed by atoms with Gasteiger partial charge in [0.15, 0.2) is 0 Å². The molecule has 0 fully saturated rings. The molecule has 4 heteroatoms. The van der Waals surface area contributed by atoms with Gasteiger partial charge in [-0.3, -0.25) is 4.98 Å². The lowest BCUT2D eigenvalue weighted by Gasteiger charge is -2.16. The van der Waals surface area contributed by atoms with E-state index in [1.807, 2.05) is 30.9 Å². The van der Waals surface area contributed by atoms with E-state index < -0.39 is 0 Å². The molecular weight excluding hydrogens is 252 g/mol. The van der Waals surface area contributed by atoms with Crippen molar-refractivity contribution in [2.24, 2.45) is 0 Å². The lowest BCUT2D eigenvalue weighted by atomic mass is 9.95. The van der Waals surface area contributed by atoms with Crippen LogP contribution >= 0.6 is 22.9 Å². The highest BCUT2D eigenvalue weighted by molar-refractivity contribution is 7.09. The minimum absolute atomic E-state index is 0.470. The molecule has 17 heavy (non-hydrogen) atoms. The van der Waals surface area contributed by atoms with Crippen LogP contribution in [0.15, 0.2) is 36.0 Å². The summed E-state index contributed by atoms with van der Waals surface area (Å²) >= 11 is 7.62.